The van der Waals surface area contributed by atoms with Crippen molar-refractivity contribution in [1.82, 2.24) is 10.2 Å². The van der Waals surface area contributed by atoms with Gasteiger partial charge in [-0.2, -0.15) is 0 Å². The molecule has 0 saturated heterocycles. The maximum atomic E-state index is 14.0. The average Bonchev–Trinajstić information content (AvgIpc) is 3.03. The van der Waals surface area contributed by atoms with Gasteiger partial charge >= 0.3 is 0 Å². The van der Waals surface area contributed by atoms with Crippen LogP contribution in [0.15, 0.2) is 72.0 Å². The molecule has 1 saturated carbocycles. The van der Waals surface area contributed by atoms with Crippen molar-refractivity contribution in [3.8, 4) is 22.6 Å². The average molecular weight is 642 g/mol. The van der Waals surface area contributed by atoms with E-state index in [9.17, 15) is 34.8 Å². The van der Waals surface area contributed by atoms with Gasteiger partial charge in [0.1, 0.15) is 23.2 Å². The zero-order chi connectivity index (χ0) is 33.8. The number of fused-ring (bicyclic) bond motifs is 3. The quantitative estimate of drug-likeness (QED) is 0.200. The number of methoxy groups -OCH3 is 1. The van der Waals surface area contributed by atoms with Gasteiger partial charge in [0, 0.05) is 30.6 Å². The largest absolute Gasteiger partial charge is 0.508 e. The predicted octanol–water partition coefficient (Wildman–Crippen LogP) is 2.25. The Kier molecular flexibility index (Phi) is 8.43. The summed E-state index contributed by atoms with van der Waals surface area (Å²) in [6, 6.07) is 18.0. The molecule has 11 heteroatoms. The minimum Gasteiger partial charge on any atom is -0.508 e. The van der Waals surface area contributed by atoms with Gasteiger partial charge in [0.25, 0.3) is 0 Å². The minimum atomic E-state index is -2.61. The van der Waals surface area contributed by atoms with Crippen LogP contribution >= 0.6 is 0 Å². The number of aliphatic hydroxyl groups excluding tert-OH is 2. The van der Waals surface area contributed by atoms with Crippen molar-refractivity contribution in [2.24, 2.45) is 23.5 Å². The molecule has 3 aromatic rings. The third-order valence-corrected chi connectivity index (χ3v) is 10.1. The molecule has 6 rings (SSSR count). The van der Waals surface area contributed by atoms with Gasteiger partial charge in [-0.15, -0.1) is 0 Å². The van der Waals surface area contributed by atoms with Crippen LogP contribution in [0.4, 0.5) is 0 Å². The number of Topliss-reactive ketones (excluding diaryl/α,β-unsaturated/α-hetero) is 2. The monoisotopic (exact) mass is 641 g/mol. The summed E-state index contributed by atoms with van der Waals surface area (Å²) in [4.78, 5) is 41.4. The lowest BCUT2D eigenvalue weighted by Gasteiger charge is -2.53. The molecular formula is C36H39N3O8. The number of carbonyl (C=O) groups is 3. The third kappa shape index (κ3) is 5.29. The molecule has 3 aliphatic carbocycles. The number of phenolic OH excluding ortho intramolecular Hbond substituents is 1. The highest BCUT2D eigenvalue weighted by Gasteiger charge is 2.66. The van der Waals surface area contributed by atoms with Gasteiger partial charge in [-0.25, -0.2) is 0 Å². The molecule has 3 aromatic carbocycles. The van der Waals surface area contributed by atoms with E-state index in [2.05, 4.69) is 5.32 Å². The number of hydrogen-bond acceptors (Lipinski definition) is 10. The van der Waals surface area contributed by atoms with E-state index >= 15 is 0 Å². The second-order valence-electron chi connectivity index (χ2n) is 12.9. The fraction of sp³-hybridized carbons (Fsp3) is 0.361. The highest BCUT2D eigenvalue weighted by atomic mass is 16.5. The van der Waals surface area contributed by atoms with Crippen molar-refractivity contribution in [3.63, 3.8) is 0 Å². The van der Waals surface area contributed by atoms with E-state index in [-0.39, 0.29) is 29.7 Å². The Morgan fingerprint density at radius 2 is 1.62 bits per heavy atom. The predicted molar refractivity (Wildman–Crippen MR) is 172 cm³/mol. The SMILES string of the molecule is COc1ccc(CNCc2ccc(-c3ccc(O)c4c3C[C@H]3C[C@H]5[C@H](N(C)C)C(O)C(C(N)=O)C(=O)[C@@]5(O)C(O)=C3C4=O)cc2)cc1. The number of carbonyl (C=O) groups excluding carboxylic acids is 3. The van der Waals surface area contributed by atoms with Crippen LogP contribution in [0.1, 0.15) is 33.5 Å². The zero-order valence-corrected chi connectivity index (χ0v) is 26.4. The van der Waals surface area contributed by atoms with E-state index in [1.165, 1.54) is 6.07 Å². The summed E-state index contributed by atoms with van der Waals surface area (Å²) in [6.45, 7) is 1.31. The third-order valence-electron chi connectivity index (χ3n) is 10.1. The number of phenols is 1. The Balaban J connectivity index is 1.31. The van der Waals surface area contributed by atoms with Crippen LogP contribution < -0.4 is 15.8 Å². The van der Waals surface area contributed by atoms with E-state index in [0.717, 1.165) is 28.0 Å². The molecule has 0 heterocycles. The van der Waals surface area contributed by atoms with Crippen molar-refractivity contribution in [2.45, 2.75) is 43.7 Å². The highest BCUT2D eigenvalue weighted by Crippen LogP contribution is 2.53. The van der Waals surface area contributed by atoms with E-state index in [0.29, 0.717) is 18.7 Å². The maximum absolute atomic E-state index is 14.0. The zero-order valence-electron chi connectivity index (χ0n) is 26.4. The first kappa shape index (κ1) is 32.4. The first-order valence-electron chi connectivity index (χ1n) is 15.5. The van der Waals surface area contributed by atoms with E-state index in [1.54, 1.807) is 32.2 Å². The summed E-state index contributed by atoms with van der Waals surface area (Å²) < 4.78 is 5.21. The number of nitrogens with one attached hydrogen (secondary N) is 1. The highest BCUT2D eigenvalue weighted by molar-refractivity contribution is 6.16. The first-order valence-corrected chi connectivity index (χ1v) is 15.5. The Bertz CT molecular complexity index is 1770. The molecule has 1 amide bonds. The van der Waals surface area contributed by atoms with Crippen molar-refractivity contribution in [3.05, 3.63) is 94.2 Å². The van der Waals surface area contributed by atoms with E-state index in [1.807, 2.05) is 48.5 Å². The lowest BCUT2D eigenvalue weighted by atomic mass is 9.55. The Morgan fingerprint density at radius 3 is 2.19 bits per heavy atom. The number of amides is 1. The number of aliphatic hydroxyl groups is 3. The normalized spacial score (nSPS) is 26.9. The molecule has 47 heavy (non-hydrogen) atoms. The molecule has 0 spiro atoms. The molecule has 0 radical (unpaired) electrons. The second kappa shape index (κ2) is 12.2. The van der Waals surface area contributed by atoms with Crippen LogP contribution in [-0.4, -0.2) is 81.8 Å². The molecule has 1 fully saturated rings. The lowest BCUT2D eigenvalue weighted by molar-refractivity contribution is -0.178. The van der Waals surface area contributed by atoms with Gasteiger partial charge < -0.3 is 41.1 Å². The summed E-state index contributed by atoms with van der Waals surface area (Å²) in [7, 11) is 4.90. The smallest absolute Gasteiger partial charge is 0.230 e. The number of rotatable bonds is 8. The number of primary amides is 1. The number of ketones is 2. The van der Waals surface area contributed by atoms with Crippen LogP contribution in [-0.2, 0) is 29.1 Å². The van der Waals surface area contributed by atoms with Gasteiger partial charge in [-0.1, -0.05) is 42.5 Å². The molecule has 11 nitrogen and oxygen atoms in total. The fourth-order valence-corrected chi connectivity index (χ4v) is 7.77. The standard InChI is InChI=1S/C36H39N3O8/c1-39(2)30-25-15-21-14-24-23(20-8-4-18(5-9-20)16-38-17-19-6-10-22(47-3)11-7-19)12-13-26(40)28(24)31(41)27(21)33(43)36(25,46)34(44)29(32(30)42)35(37)45/h4-13,21,25,29-30,32,38,40,42-43,46H,14-17H2,1-3H3,(H2,37,45)/t21-,25-,29?,30-,32?,36-/m0/s1. The lowest BCUT2D eigenvalue weighted by Crippen LogP contribution is -2.71. The molecule has 246 valence electrons. The summed E-state index contributed by atoms with van der Waals surface area (Å²) in [5, 5.41) is 48.8. The number of nitrogens with zero attached hydrogens (tertiary/aromatic N) is 1. The second-order valence-corrected chi connectivity index (χ2v) is 12.9. The number of benzene rings is 3. The van der Waals surface area contributed by atoms with Crippen molar-refractivity contribution in [1.29, 1.82) is 0 Å². The van der Waals surface area contributed by atoms with Gasteiger partial charge in [-0.3, -0.25) is 14.4 Å². The summed E-state index contributed by atoms with van der Waals surface area (Å²) in [5.74, 6) is -6.76. The van der Waals surface area contributed by atoms with Crippen molar-refractivity contribution in [2.75, 3.05) is 21.2 Å². The molecular weight excluding hydrogens is 602 g/mol. The van der Waals surface area contributed by atoms with Crippen LogP contribution in [0.3, 0.4) is 0 Å². The summed E-state index contributed by atoms with van der Waals surface area (Å²) in [5.41, 5.74) is 7.00. The number of nitrogens with two attached hydrogens (primary N) is 1. The number of likely N-dealkylation sites (N-methyl/N-ethyl adjacent to an activating group) is 1. The molecule has 0 bridgehead atoms. The first-order chi connectivity index (χ1) is 22.4. The number of hydrogen-bond donors (Lipinski definition) is 6. The number of allylic oxidation sites excluding steroid dienone is 1. The number of ether oxygens (including phenoxy) is 1. The molecule has 6 atom stereocenters. The van der Waals surface area contributed by atoms with Crippen LogP contribution in [0.2, 0.25) is 0 Å². The minimum absolute atomic E-state index is 0.00788. The molecule has 0 aliphatic heterocycles. The van der Waals surface area contributed by atoms with Gasteiger partial charge in [0.2, 0.25) is 5.91 Å². The molecule has 3 aliphatic rings. The summed E-state index contributed by atoms with van der Waals surface area (Å²) in [6.07, 6.45) is -1.23. The Labute approximate surface area is 272 Å². The van der Waals surface area contributed by atoms with Crippen LogP contribution in [0, 0.1) is 17.8 Å². The van der Waals surface area contributed by atoms with Crippen molar-refractivity contribution < 1.29 is 39.5 Å². The van der Waals surface area contributed by atoms with Crippen LogP contribution in [0.25, 0.3) is 11.1 Å². The van der Waals surface area contributed by atoms with Gasteiger partial charge in [0.05, 0.1) is 18.8 Å². The Hall–Kier alpha value is -4.55. The molecule has 7 N–H and O–H groups in total. The van der Waals surface area contributed by atoms with Gasteiger partial charge in [-0.05, 0) is 78.9 Å². The Morgan fingerprint density at radius 1 is 1.00 bits per heavy atom. The molecule has 0 aromatic heterocycles. The van der Waals surface area contributed by atoms with Crippen LogP contribution in [0.5, 0.6) is 11.5 Å². The number of aromatic hydroxyl groups is 1. The van der Waals surface area contributed by atoms with E-state index < -0.39 is 58.7 Å². The maximum Gasteiger partial charge on any atom is 0.230 e. The van der Waals surface area contributed by atoms with Crippen molar-refractivity contribution >= 4 is 17.5 Å². The van der Waals surface area contributed by atoms with E-state index in [4.69, 9.17) is 10.5 Å². The van der Waals surface area contributed by atoms with Gasteiger partial charge in [0.15, 0.2) is 17.2 Å². The fourth-order valence-electron chi connectivity index (χ4n) is 7.77. The topological polar surface area (TPSA) is 183 Å². The molecule has 2 unspecified atom stereocenters. The summed E-state index contributed by atoms with van der Waals surface area (Å²) >= 11 is 0.